The van der Waals surface area contributed by atoms with E-state index in [1.165, 1.54) is 0 Å². The maximum absolute atomic E-state index is 11.6. The number of carbonyl (C=O) groups is 2. The van der Waals surface area contributed by atoms with Gasteiger partial charge in [0, 0.05) is 19.5 Å². The van der Waals surface area contributed by atoms with E-state index in [4.69, 9.17) is 0 Å². The lowest BCUT2D eigenvalue weighted by atomic mass is 9.98. The van der Waals surface area contributed by atoms with Crippen molar-refractivity contribution in [2.45, 2.75) is 19.3 Å². The Morgan fingerprint density at radius 1 is 1.67 bits per heavy atom. The topological polar surface area (TPSA) is 58.2 Å². The highest BCUT2D eigenvalue weighted by Gasteiger charge is 2.23. The number of carbonyl (C=O) groups excluding carboxylic acids is 2. The Morgan fingerprint density at radius 2 is 2.47 bits per heavy atom. The van der Waals surface area contributed by atoms with Crippen molar-refractivity contribution >= 4 is 23.6 Å². The highest BCUT2D eigenvalue weighted by Crippen LogP contribution is 2.10. The quantitative estimate of drug-likeness (QED) is 0.671. The van der Waals surface area contributed by atoms with Crippen LogP contribution >= 0.6 is 11.8 Å². The van der Waals surface area contributed by atoms with Crippen molar-refractivity contribution in [3.63, 3.8) is 0 Å². The van der Waals surface area contributed by atoms with E-state index in [2.05, 4.69) is 16.9 Å². The highest BCUT2D eigenvalue weighted by molar-refractivity contribution is 7.98. The van der Waals surface area contributed by atoms with Gasteiger partial charge in [0.1, 0.15) is 0 Å². The molecule has 5 heteroatoms. The molecule has 0 aliphatic carbocycles. The summed E-state index contributed by atoms with van der Waals surface area (Å²) in [6.45, 7) is 1.23. The van der Waals surface area contributed by atoms with E-state index in [1.54, 1.807) is 11.8 Å². The van der Waals surface area contributed by atoms with Crippen molar-refractivity contribution in [3.8, 4) is 0 Å². The number of rotatable bonds is 5. The average Bonchev–Trinajstić information content (AvgIpc) is 2.25. The summed E-state index contributed by atoms with van der Waals surface area (Å²) in [6.07, 6.45) is 4.22. The smallest absolute Gasteiger partial charge is 0.224 e. The van der Waals surface area contributed by atoms with E-state index < -0.39 is 0 Å². The molecule has 0 aromatic heterocycles. The lowest BCUT2D eigenvalue weighted by molar-refractivity contribution is -0.128. The summed E-state index contributed by atoms with van der Waals surface area (Å²) < 4.78 is 0. The third-order valence-corrected chi connectivity index (χ3v) is 3.16. The predicted octanol–water partition coefficient (Wildman–Crippen LogP) is 0.382. The summed E-state index contributed by atoms with van der Waals surface area (Å²) in [5.41, 5.74) is 0. The van der Waals surface area contributed by atoms with Crippen LogP contribution in [0.4, 0.5) is 0 Å². The van der Waals surface area contributed by atoms with Gasteiger partial charge in [-0.25, -0.2) is 0 Å². The molecule has 1 rings (SSSR count). The zero-order chi connectivity index (χ0) is 11.1. The van der Waals surface area contributed by atoms with Crippen molar-refractivity contribution in [2.75, 3.05) is 25.1 Å². The minimum Gasteiger partial charge on any atom is -0.356 e. The molecule has 4 nitrogen and oxygen atoms in total. The van der Waals surface area contributed by atoms with Gasteiger partial charge in [-0.15, -0.1) is 0 Å². The van der Waals surface area contributed by atoms with E-state index in [0.717, 1.165) is 18.7 Å². The molecule has 0 bridgehead atoms. The lowest BCUT2D eigenvalue weighted by Gasteiger charge is -2.21. The van der Waals surface area contributed by atoms with E-state index in [0.29, 0.717) is 19.4 Å². The first-order valence-corrected chi connectivity index (χ1v) is 6.66. The van der Waals surface area contributed by atoms with Gasteiger partial charge in [0.15, 0.2) is 0 Å². The van der Waals surface area contributed by atoms with Crippen molar-refractivity contribution in [1.29, 1.82) is 0 Å². The summed E-state index contributed by atoms with van der Waals surface area (Å²) in [5, 5.41) is 5.61. The van der Waals surface area contributed by atoms with Gasteiger partial charge in [-0.1, -0.05) is 0 Å². The second-order valence-electron chi connectivity index (χ2n) is 3.68. The van der Waals surface area contributed by atoms with Crippen LogP contribution in [0.3, 0.4) is 0 Å². The van der Waals surface area contributed by atoms with E-state index >= 15 is 0 Å². The monoisotopic (exact) mass is 230 g/mol. The molecule has 1 saturated heterocycles. The minimum absolute atomic E-state index is 0.0306. The first-order valence-electron chi connectivity index (χ1n) is 5.27. The molecule has 1 heterocycles. The molecular formula is C10H18N2O2S. The molecule has 0 aromatic carbocycles. The fraction of sp³-hybridized carbons (Fsp3) is 0.800. The third kappa shape index (κ3) is 4.55. The third-order valence-electron chi connectivity index (χ3n) is 2.46. The Bertz CT molecular complexity index is 223. The van der Waals surface area contributed by atoms with Gasteiger partial charge in [-0.2, -0.15) is 11.8 Å². The highest BCUT2D eigenvalue weighted by atomic mass is 32.2. The predicted molar refractivity (Wildman–Crippen MR) is 61.7 cm³/mol. The number of hydrogen-bond acceptors (Lipinski definition) is 3. The van der Waals surface area contributed by atoms with Crippen LogP contribution in [-0.4, -0.2) is 36.9 Å². The number of thioether (sulfide) groups is 1. The summed E-state index contributed by atoms with van der Waals surface area (Å²) in [7, 11) is 0. The molecule has 1 unspecified atom stereocenters. The Balaban J connectivity index is 2.14. The van der Waals surface area contributed by atoms with Crippen molar-refractivity contribution in [1.82, 2.24) is 10.6 Å². The zero-order valence-electron chi connectivity index (χ0n) is 9.04. The van der Waals surface area contributed by atoms with Crippen molar-refractivity contribution < 1.29 is 9.59 Å². The number of hydrogen-bond donors (Lipinski definition) is 2. The molecule has 86 valence electrons. The maximum atomic E-state index is 11.6. The molecule has 0 aromatic rings. The van der Waals surface area contributed by atoms with Crippen LogP contribution in [-0.2, 0) is 9.59 Å². The average molecular weight is 230 g/mol. The molecule has 1 aliphatic rings. The van der Waals surface area contributed by atoms with E-state index in [9.17, 15) is 9.59 Å². The Labute approximate surface area is 94.6 Å². The van der Waals surface area contributed by atoms with Crippen LogP contribution in [0.25, 0.3) is 0 Å². The van der Waals surface area contributed by atoms with Gasteiger partial charge in [-0.05, 0) is 24.9 Å². The standard InChI is InChI=1S/C10H18N2O2S/c1-15-6-2-5-11-10(14)8-3-4-9(13)12-7-8/h8H,2-7H2,1H3,(H,11,14)(H,12,13). The molecular weight excluding hydrogens is 212 g/mol. The number of piperidine rings is 1. The molecule has 2 N–H and O–H groups in total. The molecule has 0 radical (unpaired) electrons. The van der Waals surface area contributed by atoms with Crippen LogP contribution in [0.5, 0.6) is 0 Å². The number of amides is 2. The van der Waals surface area contributed by atoms with Crippen LogP contribution in [0.1, 0.15) is 19.3 Å². The van der Waals surface area contributed by atoms with Gasteiger partial charge in [0.2, 0.25) is 11.8 Å². The minimum atomic E-state index is -0.0306. The SMILES string of the molecule is CSCCCNC(=O)C1CCC(=O)NC1. The Kier molecular flexibility index (Phi) is 5.53. The van der Waals surface area contributed by atoms with Crippen LogP contribution < -0.4 is 10.6 Å². The van der Waals surface area contributed by atoms with Gasteiger partial charge in [0.05, 0.1) is 5.92 Å². The molecule has 0 saturated carbocycles. The van der Waals surface area contributed by atoms with E-state index in [1.807, 2.05) is 0 Å². The zero-order valence-corrected chi connectivity index (χ0v) is 9.86. The van der Waals surface area contributed by atoms with Crippen molar-refractivity contribution in [2.24, 2.45) is 5.92 Å². The molecule has 0 spiro atoms. The summed E-state index contributed by atoms with van der Waals surface area (Å²) >= 11 is 1.78. The van der Waals surface area contributed by atoms with Crippen LogP contribution in [0, 0.1) is 5.92 Å². The summed E-state index contributed by atoms with van der Waals surface area (Å²) in [6, 6.07) is 0. The normalized spacial score (nSPS) is 20.9. The first kappa shape index (κ1) is 12.4. The molecule has 1 atom stereocenters. The van der Waals surface area contributed by atoms with E-state index in [-0.39, 0.29) is 17.7 Å². The first-order chi connectivity index (χ1) is 7.24. The molecule has 1 aliphatic heterocycles. The van der Waals surface area contributed by atoms with Gasteiger partial charge in [-0.3, -0.25) is 9.59 Å². The lowest BCUT2D eigenvalue weighted by Crippen LogP contribution is -2.43. The van der Waals surface area contributed by atoms with Gasteiger partial charge < -0.3 is 10.6 Å². The molecule has 1 fully saturated rings. The fourth-order valence-electron chi connectivity index (χ4n) is 1.53. The Morgan fingerprint density at radius 3 is 3.07 bits per heavy atom. The second-order valence-corrected chi connectivity index (χ2v) is 4.66. The van der Waals surface area contributed by atoms with Gasteiger partial charge >= 0.3 is 0 Å². The number of nitrogens with one attached hydrogen (secondary N) is 2. The second kappa shape index (κ2) is 6.71. The van der Waals surface area contributed by atoms with Gasteiger partial charge in [0.25, 0.3) is 0 Å². The van der Waals surface area contributed by atoms with Crippen LogP contribution in [0.2, 0.25) is 0 Å². The molecule has 15 heavy (non-hydrogen) atoms. The van der Waals surface area contributed by atoms with Crippen LogP contribution in [0.15, 0.2) is 0 Å². The maximum Gasteiger partial charge on any atom is 0.224 e. The molecule has 2 amide bonds. The fourth-order valence-corrected chi connectivity index (χ4v) is 1.96. The summed E-state index contributed by atoms with van der Waals surface area (Å²) in [5.74, 6) is 1.18. The van der Waals surface area contributed by atoms with Crippen molar-refractivity contribution in [3.05, 3.63) is 0 Å². The summed E-state index contributed by atoms with van der Waals surface area (Å²) in [4.78, 5) is 22.5. The Hall–Kier alpha value is -0.710. The largest absolute Gasteiger partial charge is 0.356 e.